The summed E-state index contributed by atoms with van der Waals surface area (Å²) in [5.41, 5.74) is 0.720. The fraction of sp³-hybridized carbons (Fsp3) is 0.0833. The van der Waals surface area contributed by atoms with Crippen molar-refractivity contribution >= 4 is 5.69 Å². The Morgan fingerprint density at radius 3 is 2.72 bits per heavy atom. The molecule has 0 amide bonds. The third-order valence-electron chi connectivity index (χ3n) is 2.35. The number of nitrogens with zero attached hydrogens (tertiary/aromatic N) is 2. The van der Waals surface area contributed by atoms with Gasteiger partial charge in [0, 0.05) is 11.6 Å². The van der Waals surface area contributed by atoms with E-state index >= 15 is 0 Å². The van der Waals surface area contributed by atoms with Crippen LogP contribution in [0.15, 0.2) is 36.4 Å². The summed E-state index contributed by atoms with van der Waals surface area (Å²) in [5.74, 6) is -0.492. The molecule has 0 radical (unpaired) electrons. The summed E-state index contributed by atoms with van der Waals surface area (Å²) < 4.78 is 17.9. The van der Waals surface area contributed by atoms with Crippen molar-refractivity contribution in [3.63, 3.8) is 0 Å². The third-order valence-corrected chi connectivity index (χ3v) is 2.35. The zero-order valence-corrected chi connectivity index (χ0v) is 9.46. The van der Waals surface area contributed by atoms with Crippen molar-refractivity contribution in [1.82, 2.24) is 4.98 Å². The van der Waals surface area contributed by atoms with Crippen molar-refractivity contribution in [1.29, 1.82) is 0 Å². The van der Waals surface area contributed by atoms with E-state index in [2.05, 4.69) is 4.98 Å². The van der Waals surface area contributed by atoms with Crippen LogP contribution >= 0.6 is 0 Å². The zero-order chi connectivity index (χ0) is 13.1. The molecule has 6 heteroatoms. The fourth-order valence-corrected chi connectivity index (χ4v) is 1.53. The molecule has 0 saturated heterocycles. The van der Waals surface area contributed by atoms with Gasteiger partial charge in [-0.25, -0.2) is 9.37 Å². The SMILES string of the molecule is COc1nc(-c2cccc(F)c2)ccc1[N+](=O)[O-]. The van der Waals surface area contributed by atoms with Crippen LogP contribution in [0.1, 0.15) is 0 Å². The number of hydrogen-bond acceptors (Lipinski definition) is 4. The van der Waals surface area contributed by atoms with E-state index in [1.54, 1.807) is 12.1 Å². The number of methoxy groups -OCH3 is 1. The summed E-state index contributed by atoms with van der Waals surface area (Å²) in [6, 6.07) is 8.55. The maximum absolute atomic E-state index is 13.1. The van der Waals surface area contributed by atoms with E-state index < -0.39 is 10.7 Å². The summed E-state index contributed by atoms with van der Waals surface area (Å²) >= 11 is 0. The molecule has 0 bridgehead atoms. The lowest BCUT2D eigenvalue weighted by atomic mass is 10.1. The predicted octanol–water partition coefficient (Wildman–Crippen LogP) is 2.80. The number of ether oxygens (including phenoxy) is 1. The van der Waals surface area contributed by atoms with Crippen molar-refractivity contribution in [3.8, 4) is 17.1 Å². The number of aromatic nitrogens is 1. The Morgan fingerprint density at radius 2 is 2.11 bits per heavy atom. The van der Waals surface area contributed by atoms with Gasteiger partial charge >= 0.3 is 5.69 Å². The molecular weight excluding hydrogens is 239 g/mol. The Balaban J connectivity index is 2.51. The van der Waals surface area contributed by atoms with Crippen molar-refractivity contribution in [2.75, 3.05) is 7.11 Å². The smallest absolute Gasteiger partial charge is 0.330 e. The predicted molar refractivity (Wildman–Crippen MR) is 62.8 cm³/mol. The molecule has 1 aromatic carbocycles. The summed E-state index contributed by atoms with van der Waals surface area (Å²) in [5, 5.41) is 10.7. The molecule has 2 aromatic rings. The van der Waals surface area contributed by atoms with Crippen LogP contribution in [-0.4, -0.2) is 17.0 Å². The third kappa shape index (κ3) is 2.27. The number of nitro groups is 1. The molecule has 0 fully saturated rings. The highest BCUT2D eigenvalue weighted by atomic mass is 19.1. The van der Waals surface area contributed by atoms with Gasteiger partial charge in [0.15, 0.2) is 0 Å². The highest BCUT2D eigenvalue weighted by Gasteiger charge is 2.17. The molecule has 0 aliphatic rings. The average Bonchev–Trinajstić information content (AvgIpc) is 2.37. The summed E-state index contributed by atoms with van der Waals surface area (Å²) in [6.07, 6.45) is 0. The summed E-state index contributed by atoms with van der Waals surface area (Å²) in [4.78, 5) is 14.1. The molecule has 0 atom stereocenters. The van der Waals surface area contributed by atoms with Crippen LogP contribution in [0.25, 0.3) is 11.3 Å². The second-order valence-corrected chi connectivity index (χ2v) is 3.49. The van der Waals surface area contributed by atoms with Gasteiger partial charge in [-0.2, -0.15) is 0 Å². The molecule has 92 valence electrons. The van der Waals surface area contributed by atoms with Crippen LogP contribution in [0.2, 0.25) is 0 Å². The highest BCUT2D eigenvalue weighted by Crippen LogP contribution is 2.28. The van der Waals surface area contributed by atoms with Crippen molar-refractivity contribution in [2.24, 2.45) is 0 Å². The second kappa shape index (κ2) is 4.79. The van der Waals surface area contributed by atoms with Gasteiger partial charge in [0.05, 0.1) is 17.7 Å². The number of rotatable bonds is 3. The van der Waals surface area contributed by atoms with Gasteiger partial charge in [0.2, 0.25) is 0 Å². The van der Waals surface area contributed by atoms with E-state index in [1.807, 2.05) is 0 Å². The molecule has 0 unspecified atom stereocenters. The topological polar surface area (TPSA) is 65.3 Å². The van der Waals surface area contributed by atoms with E-state index in [4.69, 9.17) is 4.74 Å². The van der Waals surface area contributed by atoms with Gasteiger partial charge < -0.3 is 4.74 Å². The maximum Gasteiger partial charge on any atom is 0.330 e. The molecule has 0 spiro atoms. The first-order valence-electron chi connectivity index (χ1n) is 5.07. The van der Waals surface area contributed by atoms with Crippen molar-refractivity contribution in [3.05, 3.63) is 52.3 Å². The Kier molecular flexibility index (Phi) is 3.18. The number of halogens is 1. The first-order chi connectivity index (χ1) is 8.61. The molecule has 0 aliphatic heterocycles. The molecular formula is C12H9FN2O3. The lowest BCUT2D eigenvalue weighted by Crippen LogP contribution is -1.97. The van der Waals surface area contributed by atoms with Gasteiger partial charge in [-0.05, 0) is 18.2 Å². The minimum atomic E-state index is -0.582. The van der Waals surface area contributed by atoms with Gasteiger partial charge in [-0.15, -0.1) is 0 Å². The second-order valence-electron chi connectivity index (χ2n) is 3.49. The van der Waals surface area contributed by atoms with Crippen molar-refractivity contribution in [2.45, 2.75) is 0 Å². The Labute approximate surface area is 102 Å². The van der Waals surface area contributed by atoms with Gasteiger partial charge in [0.25, 0.3) is 5.88 Å². The van der Waals surface area contributed by atoms with Crippen molar-refractivity contribution < 1.29 is 14.1 Å². The minimum absolute atomic E-state index is 0.0956. The molecule has 2 rings (SSSR count). The first kappa shape index (κ1) is 12.0. The zero-order valence-electron chi connectivity index (χ0n) is 9.46. The Hall–Kier alpha value is -2.50. The monoisotopic (exact) mass is 248 g/mol. The largest absolute Gasteiger partial charge is 0.476 e. The van der Waals surface area contributed by atoms with Crippen LogP contribution in [0, 0.1) is 15.9 Å². The van der Waals surface area contributed by atoms with Gasteiger partial charge in [0.1, 0.15) is 5.82 Å². The standard InChI is InChI=1S/C12H9FN2O3/c1-18-12-11(15(16)17)6-5-10(14-12)8-3-2-4-9(13)7-8/h2-7H,1H3. The lowest BCUT2D eigenvalue weighted by molar-refractivity contribution is -0.386. The average molecular weight is 248 g/mol. The van der Waals surface area contributed by atoms with E-state index in [0.717, 1.165) is 0 Å². The van der Waals surface area contributed by atoms with Gasteiger partial charge in [-0.1, -0.05) is 12.1 Å². The summed E-state index contributed by atoms with van der Waals surface area (Å²) in [6.45, 7) is 0. The molecule has 0 N–H and O–H groups in total. The molecule has 0 aliphatic carbocycles. The van der Waals surface area contributed by atoms with E-state index in [1.165, 1.54) is 31.4 Å². The van der Waals surface area contributed by atoms with E-state index in [-0.39, 0.29) is 11.6 Å². The summed E-state index contributed by atoms with van der Waals surface area (Å²) in [7, 11) is 1.30. The van der Waals surface area contributed by atoms with Crippen LogP contribution in [0.5, 0.6) is 5.88 Å². The van der Waals surface area contributed by atoms with Crippen LogP contribution in [-0.2, 0) is 0 Å². The first-order valence-corrected chi connectivity index (χ1v) is 5.07. The lowest BCUT2D eigenvalue weighted by Gasteiger charge is -2.04. The molecule has 1 heterocycles. The quantitative estimate of drug-likeness (QED) is 0.618. The van der Waals surface area contributed by atoms with E-state index in [0.29, 0.717) is 11.3 Å². The number of hydrogen-bond donors (Lipinski definition) is 0. The van der Waals surface area contributed by atoms with Crippen LogP contribution in [0.4, 0.5) is 10.1 Å². The number of pyridine rings is 1. The van der Waals surface area contributed by atoms with Crippen LogP contribution < -0.4 is 4.74 Å². The molecule has 18 heavy (non-hydrogen) atoms. The normalized spacial score (nSPS) is 10.1. The van der Waals surface area contributed by atoms with E-state index in [9.17, 15) is 14.5 Å². The fourth-order valence-electron chi connectivity index (χ4n) is 1.53. The molecule has 0 saturated carbocycles. The maximum atomic E-state index is 13.1. The molecule has 5 nitrogen and oxygen atoms in total. The van der Waals surface area contributed by atoms with Gasteiger partial charge in [-0.3, -0.25) is 10.1 Å². The highest BCUT2D eigenvalue weighted by molar-refractivity contribution is 5.62. The van der Waals surface area contributed by atoms with Crippen LogP contribution in [0.3, 0.4) is 0 Å². The molecule has 1 aromatic heterocycles. The Morgan fingerprint density at radius 1 is 1.33 bits per heavy atom. The minimum Gasteiger partial charge on any atom is -0.476 e. The number of benzene rings is 1. The Bertz CT molecular complexity index is 602.